The summed E-state index contributed by atoms with van der Waals surface area (Å²) in [5, 5.41) is 18.1. The topological polar surface area (TPSA) is 73.6 Å². The Morgan fingerprint density at radius 2 is 2.37 bits per heavy atom. The van der Waals surface area contributed by atoms with Crippen molar-refractivity contribution in [3.05, 3.63) is 28.8 Å². The standard InChI is InChI=1S/C13H13ClN2O3/c1-16-7-10(5-12(16)13(17)18)19-9-3-2-8(6-15)11(14)4-9/h2-4,10,12H,5,7H2,1H3,(H,17,18)/t10-,12+/m1/s1. The second-order valence-corrected chi connectivity index (χ2v) is 4.93. The lowest BCUT2D eigenvalue weighted by atomic mass is 10.2. The number of likely N-dealkylation sites (N-methyl/N-ethyl adjacent to an activating group) is 1. The van der Waals surface area contributed by atoms with Crippen molar-refractivity contribution < 1.29 is 14.6 Å². The zero-order valence-corrected chi connectivity index (χ0v) is 11.1. The van der Waals surface area contributed by atoms with E-state index in [1.165, 1.54) is 0 Å². The quantitative estimate of drug-likeness (QED) is 0.913. The fourth-order valence-electron chi connectivity index (χ4n) is 2.18. The highest BCUT2D eigenvalue weighted by Crippen LogP contribution is 2.26. The molecule has 0 amide bonds. The van der Waals surface area contributed by atoms with Crippen LogP contribution in [-0.2, 0) is 4.79 Å². The van der Waals surface area contributed by atoms with E-state index in [1.54, 1.807) is 30.1 Å². The van der Waals surface area contributed by atoms with E-state index in [-0.39, 0.29) is 6.10 Å². The zero-order chi connectivity index (χ0) is 14.0. The van der Waals surface area contributed by atoms with Crippen LogP contribution in [0.1, 0.15) is 12.0 Å². The van der Waals surface area contributed by atoms with E-state index >= 15 is 0 Å². The molecular formula is C13H13ClN2O3. The average molecular weight is 281 g/mol. The van der Waals surface area contributed by atoms with Gasteiger partial charge in [-0.25, -0.2) is 0 Å². The lowest BCUT2D eigenvalue weighted by Crippen LogP contribution is -2.32. The first-order valence-corrected chi connectivity index (χ1v) is 6.18. The van der Waals surface area contributed by atoms with Gasteiger partial charge in [-0.1, -0.05) is 11.6 Å². The third-order valence-corrected chi connectivity index (χ3v) is 3.47. The van der Waals surface area contributed by atoms with Gasteiger partial charge in [0.1, 0.15) is 24.0 Å². The number of carboxylic acid groups (broad SMARTS) is 1. The Kier molecular flexibility index (Phi) is 3.93. The van der Waals surface area contributed by atoms with E-state index in [2.05, 4.69) is 0 Å². The third kappa shape index (κ3) is 2.98. The van der Waals surface area contributed by atoms with Gasteiger partial charge in [0.15, 0.2) is 0 Å². The molecule has 100 valence electrons. The molecule has 0 spiro atoms. The Balaban J connectivity index is 2.05. The predicted octanol–water partition coefficient (Wildman–Crippen LogP) is 1.75. The summed E-state index contributed by atoms with van der Waals surface area (Å²) in [5.41, 5.74) is 0.390. The molecule has 1 aromatic carbocycles. The van der Waals surface area contributed by atoms with E-state index in [1.807, 2.05) is 6.07 Å². The van der Waals surface area contributed by atoms with E-state index < -0.39 is 12.0 Å². The van der Waals surface area contributed by atoms with Crippen molar-refractivity contribution in [3.8, 4) is 11.8 Å². The van der Waals surface area contributed by atoms with Crippen LogP contribution in [-0.4, -0.2) is 41.7 Å². The molecule has 2 rings (SSSR count). The zero-order valence-electron chi connectivity index (χ0n) is 10.3. The molecule has 0 radical (unpaired) electrons. The van der Waals surface area contributed by atoms with Gasteiger partial charge >= 0.3 is 5.97 Å². The molecule has 0 bridgehead atoms. The molecule has 1 heterocycles. The Morgan fingerprint density at radius 1 is 1.63 bits per heavy atom. The number of likely N-dealkylation sites (tertiary alicyclic amines) is 1. The summed E-state index contributed by atoms with van der Waals surface area (Å²) in [6, 6.07) is 6.29. The molecule has 19 heavy (non-hydrogen) atoms. The van der Waals surface area contributed by atoms with E-state index in [9.17, 15) is 4.79 Å². The molecule has 0 aromatic heterocycles. The number of carbonyl (C=O) groups is 1. The number of carboxylic acids is 1. The van der Waals surface area contributed by atoms with E-state index in [0.29, 0.717) is 29.3 Å². The van der Waals surface area contributed by atoms with Crippen LogP contribution in [0.2, 0.25) is 5.02 Å². The highest BCUT2D eigenvalue weighted by atomic mass is 35.5. The molecule has 0 unspecified atom stereocenters. The molecule has 1 fully saturated rings. The van der Waals surface area contributed by atoms with Gasteiger partial charge in [-0.15, -0.1) is 0 Å². The Bertz CT molecular complexity index is 541. The number of aliphatic carboxylic acids is 1. The Morgan fingerprint density at radius 3 is 2.89 bits per heavy atom. The largest absolute Gasteiger partial charge is 0.489 e. The van der Waals surface area contributed by atoms with Gasteiger partial charge in [0.05, 0.1) is 10.6 Å². The van der Waals surface area contributed by atoms with E-state index in [4.69, 9.17) is 26.7 Å². The van der Waals surface area contributed by atoms with Gasteiger partial charge in [0, 0.05) is 19.0 Å². The summed E-state index contributed by atoms with van der Waals surface area (Å²) in [4.78, 5) is 12.7. The summed E-state index contributed by atoms with van der Waals surface area (Å²) in [6.07, 6.45) is 0.249. The number of rotatable bonds is 3. The van der Waals surface area contributed by atoms with Gasteiger partial charge in [-0.05, 0) is 19.2 Å². The summed E-state index contributed by atoms with van der Waals surface area (Å²) >= 11 is 5.92. The van der Waals surface area contributed by atoms with Gasteiger partial charge in [-0.3, -0.25) is 9.69 Å². The number of ether oxygens (including phenoxy) is 1. The number of nitriles is 1. The minimum Gasteiger partial charge on any atom is -0.489 e. The highest BCUT2D eigenvalue weighted by Gasteiger charge is 2.35. The van der Waals surface area contributed by atoms with Crippen molar-refractivity contribution in [1.82, 2.24) is 4.90 Å². The lowest BCUT2D eigenvalue weighted by molar-refractivity contribution is -0.141. The first-order chi connectivity index (χ1) is 9.01. The lowest BCUT2D eigenvalue weighted by Gasteiger charge is -2.14. The van der Waals surface area contributed by atoms with Crippen molar-refractivity contribution in [2.24, 2.45) is 0 Å². The van der Waals surface area contributed by atoms with Crippen molar-refractivity contribution in [3.63, 3.8) is 0 Å². The van der Waals surface area contributed by atoms with Crippen LogP contribution < -0.4 is 4.74 Å². The molecule has 1 aromatic rings. The van der Waals surface area contributed by atoms with Crippen LogP contribution in [0.5, 0.6) is 5.75 Å². The first-order valence-electron chi connectivity index (χ1n) is 5.80. The maximum atomic E-state index is 11.0. The normalized spacial score (nSPS) is 23.0. The molecule has 0 saturated carbocycles. The number of halogens is 1. The van der Waals surface area contributed by atoms with Crippen LogP contribution >= 0.6 is 11.6 Å². The molecular weight excluding hydrogens is 268 g/mol. The van der Waals surface area contributed by atoms with Crippen molar-refractivity contribution in [2.75, 3.05) is 13.6 Å². The van der Waals surface area contributed by atoms with Crippen LogP contribution in [0.25, 0.3) is 0 Å². The van der Waals surface area contributed by atoms with Crippen molar-refractivity contribution >= 4 is 17.6 Å². The Labute approximate surface area is 116 Å². The number of hydrogen-bond donors (Lipinski definition) is 1. The number of hydrogen-bond acceptors (Lipinski definition) is 4. The summed E-state index contributed by atoms with van der Waals surface area (Å²) in [5.74, 6) is -0.292. The summed E-state index contributed by atoms with van der Waals surface area (Å²) < 4.78 is 5.71. The van der Waals surface area contributed by atoms with Gasteiger partial charge < -0.3 is 9.84 Å². The fraction of sp³-hybridized carbons (Fsp3) is 0.385. The van der Waals surface area contributed by atoms with Crippen LogP contribution in [0, 0.1) is 11.3 Å². The van der Waals surface area contributed by atoms with Crippen molar-refractivity contribution in [1.29, 1.82) is 5.26 Å². The second kappa shape index (κ2) is 5.47. The molecule has 5 nitrogen and oxygen atoms in total. The smallest absolute Gasteiger partial charge is 0.321 e. The molecule has 0 aliphatic carbocycles. The third-order valence-electron chi connectivity index (χ3n) is 3.16. The molecule has 2 atom stereocenters. The number of benzene rings is 1. The van der Waals surface area contributed by atoms with Crippen molar-refractivity contribution in [2.45, 2.75) is 18.6 Å². The highest BCUT2D eigenvalue weighted by molar-refractivity contribution is 6.31. The monoisotopic (exact) mass is 280 g/mol. The molecule has 6 heteroatoms. The molecule has 1 saturated heterocycles. The fourth-order valence-corrected chi connectivity index (χ4v) is 2.39. The van der Waals surface area contributed by atoms with Gasteiger partial charge in [-0.2, -0.15) is 5.26 Å². The minimum atomic E-state index is -0.841. The van der Waals surface area contributed by atoms with Gasteiger partial charge in [0.2, 0.25) is 0 Å². The van der Waals surface area contributed by atoms with Gasteiger partial charge in [0.25, 0.3) is 0 Å². The average Bonchev–Trinajstić information content (AvgIpc) is 2.70. The summed E-state index contributed by atoms with van der Waals surface area (Å²) in [7, 11) is 1.76. The van der Waals surface area contributed by atoms with Crippen LogP contribution in [0.3, 0.4) is 0 Å². The SMILES string of the molecule is CN1C[C@H](Oc2ccc(C#N)c(Cl)c2)C[C@H]1C(=O)O. The molecule has 1 aliphatic rings. The first kappa shape index (κ1) is 13.7. The maximum Gasteiger partial charge on any atom is 0.321 e. The number of nitrogens with zero attached hydrogens (tertiary/aromatic N) is 2. The Hall–Kier alpha value is -1.77. The maximum absolute atomic E-state index is 11.0. The van der Waals surface area contributed by atoms with Crippen LogP contribution in [0.4, 0.5) is 0 Å². The molecule has 1 aliphatic heterocycles. The van der Waals surface area contributed by atoms with Crippen LogP contribution in [0.15, 0.2) is 18.2 Å². The predicted molar refractivity (Wildman–Crippen MR) is 69.3 cm³/mol. The summed E-state index contributed by atoms with van der Waals surface area (Å²) in [6.45, 7) is 0.550. The van der Waals surface area contributed by atoms with E-state index in [0.717, 1.165) is 0 Å². The minimum absolute atomic E-state index is 0.185. The second-order valence-electron chi connectivity index (χ2n) is 4.52. The molecule has 1 N–H and O–H groups in total.